The Morgan fingerprint density at radius 2 is 1.52 bits per heavy atom. The molecule has 0 N–H and O–H groups in total. The van der Waals surface area contributed by atoms with Crippen molar-refractivity contribution >= 4 is 22.8 Å². The standard InChI is InChI=1S/C34H38N4O5S/c1-5-42-32-35-29(30(25-15-9-6-10-16-25)38(32)26-17-11-7-12-18-26)31(39)37-22-21-36(33(40)43-34(2,3)4)23-27(37)24-44(41)28-19-13-8-14-20-28/h6-20,27H,5,21-24H2,1-4H3/t27-,44?/m0/s1. The van der Waals surface area contributed by atoms with E-state index in [1.54, 1.807) is 21.9 Å². The Morgan fingerprint density at radius 1 is 0.909 bits per heavy atom. The van der Waals surface area contributed by atoms with Crippen molar-refractivity contribution in [3.05, 3.63) is 96.7 Å². The van der Waals surface area contributed by atoms with Crippen LogP contribution in [0, 0.1) is 0 Å². The van der Waals surface area contributed by atoms with Gasteiger partial charge in [-0.25, -0.2) is 4.79 Å². The lowest BCUT2D eigenvalue weighted by molar-refractivity contribution is 0.00645. The summed E-state index contributed by atoms with van der Waals surface area (Å²) < 4.78 is 27.0. The maximum atomic E-state index is 14.6. The Balaban J connectivity index is 1.56. The van der Waals surface area contributed by atoms with Gasteiger partial charge in [-0.2, -0.15) is 4.98 Å². The minimum absolute atomic E-state index is 0.146. The van der Waals surface area contributed by atoms with Crippen LogP contribution >= 0.6 is 0 Å². The van der Waals surface area contributed by atoms with Crippen LogP contribution in [0.25, 0.3) is 16.9 Å². The van der Waals surface area contributed by atoms with Crippen molar-refractivity contribution < 1.29 is 23.3 Å². The average Bonchev–Trinajstić information content (AvgIpc) is 3.40. The van der Waals surface area contributed by atoms with E-state index in [1.165, 1.54) is 0 Å². The highest BCUT2D eigenvalue weighted by molar-refractivity contribution is 7.85. The highest BCUT2D eigenvalue weighted by atomic mass is 32.2. The van der Waals surface area contributed by atoms with Gasteiger partial charge in [-0.15, -0.1) is 0 Å². The SMILES string of the molecule is CCOc1nc(C(=O)N2CCN(C(=O)OC(C)(C)C)C[C@H]2CS(=O)c2ccccc2)c(-c2ccccc2)n1-c1ccccc1. The molecule has 4 aromatic rings. The summed E-state index contributed by atoms with van der Waals surface area (Å²) in [5, 5.41) is 0. The van der Waals surface area contributed by atoms with Gasteiger partial charge < -0.3 is 19.3 Å². The first-order valence-corrected chi connectivity index (χ1v) is 16.1. The zero-order chi connectivity index (χ0) is 31.3. The summed E-state index contributed by atoms with van der Waals surface area (Å²) in [7, 11) is -1.42. The number of hydrogen-bond donors (Lipinski definition) is 0. The van der Waals surface area contributed by atoms with Crippen molar-refractivity contribution in [1.29, 1.82) is 0 Å². The van der Waals surface area contributed by atoms with E-state index in [0.29, 0.717) is 23.2 Å². The molecule has 0 aliphatic carbocycles. The number of imidazole rings is 1. The molecule has 1 unspecified atom stereocenters. The van der Waals surface area contributed by atoms with Crippen LogP contribution < -0.4 is 4.74 Å². The number of rotatable bonds is 8. The summed E-state index contributed by atoms with van der Waals surface area (Å²) in [5.74, 6) is -0.175. The van der Waals surface area contributed by atoms with Crippen molar-refractivity contribution in [2.75, 3.05) is 32.0 Å². The minimum atomic E-state index is -1.42. The zero-order valence-corrected chi connectivity index (χ0v) is 26.3. The summed E-state index contributed by atoms with van der Waals surface area (Å²) in [4.78, 5) is 36.4. The van der Waals surface area contributed by atoms with Crippen LogP contribution in [0.5, 0.6) is 6.01 Å². The molecule has 5 rings (SSSR count). The molecule has 0 spiro atoms. The van der Waals surface area contributed by atoms with Crippen molar-refractivity contribution in [1.82, 2.24) is 19.4 Å². The van der Waals surface area contributed by atoms with E-state index in [4.69, 9.17) is 14.5 Å². The number of hydrogen-bond acceptors (Lipinski definition) is 6. The lowest BCUT2D eigenvalue weighted by atomic mass is 10.1. The molecule has 0 radical (unpaired) electrons. The number of ether oxygens (including phenoxy) is 2. The molecule has 0 saturated carbocycles. The smallest absolute Gasteiger partial charge is 0.410 e. The molecule has 1 aliphatic heterocycles. The Bertz CT molecular complexity index is 1600. The van der Waals surface area contributed by atoms with Crippen molar-refractivity contribution in [3.8, 4) is 23.0 Å². The highest BCUT2D eigenvalue weighted by Gasteiger charge is 2.38. The lowest BCUT2D eigenvalue weighted by Crippen LogP contribution is -2.58. The number of piperazine rings is 1. The summed E-state index contributed by atoms with van der Waals surface area (Å²) in [6.45, 7) is 8.36. The monoisotopic (exact) mass is 614 g/mol. The first-order valence-electron chi connectivity index (χ1n) is 14.7. The van der Waals surface area contributed by atoms with E-state index < -0.39 is 28.5 Å². The second-order valence-corrected chi connectivity index (χ2v) is 13.0. The maximum absolute atomic E-state index is 14.6. The molecule has 2 amide bonds. The number of carbonyl (C=O) groups excluding carboxylic acids is 2. The number of carbonyl (C=O) groups is 2. The first kappa shape index (κ1) is 31.0. The summed E-state index contributed by atoms with van der Waals surface area (Å²) in [5.41, 5.74) is 1.76. The van der Waals surface area contributed by atoms with E-state index in [2.05, 4.69) is 0 Å². The van der Waals surface area contributed by atoms with Gasteiger partial charge in [0, 0.05) is 30.1 Å². The third-order valence-corrected chi connectivity index (χ3v) is 8.61. The number of nitrogens with zero attached hydrogens (tertiary/aromatic N) is 4. The third-order valence-electron chi connectivity index (χ3n) is 7.13. The predicted molar refractivity (Wildman–Crippen MR) is 171 cm³/mol. The van der Waals surface area contributed by atoms with Crippen LogP contribution in [0.15, 0.2) is 95.9 Å². The molecule has 1 aliphatic rings. The predicted octanol–water partition coefficient (Wildman–Crippen LogP) is 5.81. The number of benzene rings is 3. The summed E-state index contributed by atoms with van der Waals surface area (Å²) in [6, 6.07) is 28.2. The highest BCUT2D eigenvalue weighted by Crippen LogP contribution is 2.34. The van der Waals surface area contributed by atoms with E-state index in [1.807, 2.05) is 111 Å². The first-order chi connectivity index (χ1) is 21.2. The Hall–Kier alpha value is -4.44. The van der Waals surface area contributed by atoms with Gasteiger partial charge in [-0.3, -0.25) is 13.6 Å². The van der Waals surface area contributed by atoms with Gasteiger partial charge in [0.1, 0.15) is 5.60 Å². The molecule has 230 valence electrons. The normalized spacial score (nSPS) is 16.0. The largest absolute Gasteiger partial charge is 0.465 e. The van der Waals surface area contributed by atoms with Crippen molar-refractivity contribution in [3.63, 3.8) is 0 Å². The van der Waals surface area contributed by atoms with Crippen molar-refractivity contribution in [2.24, 2.45) is 0 Å². The Morgan fingerprint density at radius 3 is 2.14 bits per heavy atom. The second-order valence-electron chi connectivity index (χ2n) is 11.5. The van der Waals surface area contributed by atoms with Gasteiger partial charge in [0.15, 0.2) is 5.69 Å². The van der Waals surface area contributed by atoms with Gasteiger partial charge >= 0.3 is 12.1 Å². The van der Waals surface area contributed by atoms with Crippen LogP contribution in [-0.2, 0) is 15.5 Å². The van der Waals surface area contributed by atoms with Crippen LogP contribution in [0.3, 0.4) is 0 Å². The van der Waals surface area contributed by atoms with Gasteiger partial charge in [0.05, 0.1) is 40.6 Å². The molecule has 10 heteroatoms. The average molecular weight is 615 g/mol. The Labute approximate surface area is 260 Å². The number of aromatic nitrogens is 2. The Kier molecular flexibility index (Phi) is 9.49. The topological polar surface area (TPSA) is 94.0 Å². The number of para-hydroxylation sites is 1. The van der Waals surface area contributed by atoms with Crippen LogP contribution in [0.1, 0.15) is 38.2 Å². The molecule has 1 aromatic heterocycles. The molecule has 2 heterocycles. The fraction of sp³-hybridized carbons (Fsp3) is 0.324. The van der Waals surface area contributed by atoms with Gasteiger partial charge in [0.25, 0.3) is 5.91 Å². The maximum Gasteiger partial charge on any atom is 0.410 e. The third kappa shape index (κ3) is 7.02. The fourth-order valence-electron chi connectivity index (χ4n) is 5.19. The molecule has 3 aromatic carbocycles. The number of amides is 2. The second kappa shape index (κ2) is 13.5. The van der Waals surface area contributed by atoms with Crippen molar-refractivity contribution in [2.45, 2.75) is 44.2 Å². The van der Waals surface area contributed by atoms with E-state index in [-0.39, 0.29) is 37.0 Å². The fourth-order valence-corrected chi connectivity index (χ4v) is 6.48. The lowest BCUT2D eigenvalue weighted by Gasteiger charge is -2.41. The van der Waals surface area contributed by atoms with Crippen LogP contribution in [0.4, 0.5) is 4.79 Å². The van der Waals surface area contributed by atoms with Crippen LogP contribution in [-0.4, -0.2) is 79.2 Å². The van der Waals surface area contributed by atoms with E-state index in [0.717, 1.165) is 11.3 Å². The molecule has 9 nitrogen and oxygen atoms in total. The van der Waals surface area contributed by atoms with Gasteiger partial charge in [-0.05, 0) is 52.0 Å². The summed E-state index contributed by atoms with van der Waals surface area (Å²) >= 11 is 0. The molecule has 0 bridgehead atoms. The molecular weight excluding hydrogens is 576 g/mol. The summed E-state index contributed by atoms with van der Waals surface area (Å²) in [6.07, 6.45) is -0.461. The minimum Gasteiger partial charge on any atom is -0.465 e. The molecule has 1 saturated heterocycles. The van der Waals surface area contributed by atoms with Crippen LogP contribution in [0.2, 0.25) is 0 Å². The quantitative estimate of drug-likeness (QED) is 0.249. The molecule has 44 heavy (non-hydrogen) atoms. The molecule has 1 fully saturated rings. The van der Waals surface area contributed by atoms with E-state index in [9.17, 15) is 13.8 Å². The zero-order valence-electron chi connectivity index (χ0n) is 25.5. The molecular formula is C34H38N4O5S. The van der Waals surface area contributed by atoms with Gasteiger partial charge in [0.2, 0.25) is 0 Å². The van der Waals surface area contributed by atoms with E-state index >= 15 is 0 Å². The van der Waals surface area contributed by atoms with Gasteiger partial charge in [-0.1, -0.05) is 66.7 Å². The molecule has 2 atom stereocenters.